The number of hydrogen-bond acceptors (Lipinski definition) is 4. The van der Waals surface area contributed by atoms with Gasteiger partial charge in [-0.3, -0.25) is 4.68 Å². The van der Waals surface area contributed by atoms with Crippen molar-refractivity contribution in [2.75, 3.05) is 0 Å². The fraction of sp³-hybridized carbons (Fsp3) is 0.538. The third kappa shape index (κ3) is 2.98. The molecular formula is C13H20N4O. The molecule has 98 valence electrons. The molecule has 0 spiro atoms. The predicted octanol–water partition coefficient (Wildman–Crippen LogP) is 2.27. The maximum atomic E-state index is 5.73. The molecule has 2 rings (SSSR count). The van der Waals surface area contributed by atoms with Gasteiger partial charge < -0.3 is 9.73 Å². The zero-order valence-electron chi connectivity index (χ0n) is 11.6. The Morgan fingerprint density at radius 1 is 1.39 bits per heavy atom. The van der Waals surface area contributed by atoms with E-state index >= 15 is 0 Å². The molecule has 0 saturated heterocycles. The summed E-state index contributed by atoms with van der Waals surface area (Å²) in [5.41, 5.74) is 2.00. The molecule has 0 amide bonds. The van der Waals surface area contributed by atoms with Crippen LogP contribution in [0.4, 0.5) is 0 Å². The van der Waals surface area contributed by atoms with Crippen LogP contribution in [-0.2, 0) is 13.6 Å². The van der Waals surface area contributed by atoms with Crippen LogP contribution >= 0.6 is 0 Å². The predicted molar refractivity (Wildman–Crippen MR) is 70.0 cm³/mol. The maximum Gasteiger partial charge on any atom is 0.208 e. The Labute approximate surface area is 107 Å². The van der Waals surface area contributed by atoms with Crippen molar-refractivity contribution in [1.29, 1.82) is 0 Å². The van der Waals surface area contributed by atoms with Gasteiger partial charge in [-0.1, -0.05) is 0 Å². The number of rotatable bonds is 3. The first-order chi connectivity index (χ1) is 8.35. The normalized spacial score (nSPS) is 12.1. The second-order valence-electron chi connectivity index (χ2n) is 5.52. The average molecular weight is 248 g/mol. The third-order valence-corrected chi connectivity index (χ3v) is 2.60. The smallest absolute Gasteiger partial charge is 0.208 e. The Morgan fingerprint density at radius 3 is 2.67 bits per heavy atom. The van der Waals surface area contributed by atoms with Gasteiger partial charge in [0.05, 0.1) is 24.0 Å². The quantitative estimate of drug-likeness (QED) is 0.905. The lowest BCUT2D eigenvalue weighted by molar-refractivity contribution is 0.383. The summed E-state index contributed by atoms with van der Waals surface area (Å²) in [5.74, 6) is 1.47. The van der Waals surface area contributed by atoms with Crippen LogP contribution in [0.5, 0.6) is 0 Å². The van der Waals surface area contributed by atoms with Crippen molar-refractivity contribution in [1.82, 2.24) is 20.1 Å². The second-order valence-corrected chi connectivity index (χ2v) is 5.52. The first-order valence-electron chi connectivity index (χ1n) is 6.05. The van der Waals surface area contributed by atoms with Gasteiger partial charge in [0.25, 0.3) is 0 Å². The van der Waals surface area contributed by atoms with E-state index in [-0.39, 0.29) is 5.54 Å². The molecule has 0 fully saturated rings. The van der Waals surface area contributed by atoms with Crippen LogP contribution < -0.4 is 5.32 Å². The molecule has 1 N–H and O–H groups in total. The van der Waals surface area contributed by atoms with Crippen LogP contribution in [0.2, 0.25) is 0 Å². The van der Waals surface area contributed by atoms with Gasteiger partial charge in [-0.25, -0.2) is 4.98 Å². The number of aromatic nitrogens is 3. The summed E-state index contributed by atoms with van der Waals surface area (Å²) in [5, 5.41) is 7.64. The van der Waals surface area contributed by atoms with Crippen LogP contribution in [0.3, 0.4) is 0 Å². The van der Waals surface area contributed by atoms with E-state index in [1.165, 1.54) is 0 Å². The van der Waals surface area contributed by atoms with Crippen molar-refractivity contribution in [3.05, 3.63) is 24.0 Å². The molecule has 0 unspecified atom stereocenters. The number of hydrogen-bond donors (Lipinski definition) is 1. The fourth-order valence-corrected chi connectivity index (χ4v) is 1.70. The largest absolute Gasteiger partial charge is 0.439 e. The molecule has 0 aliphatic heterocycles. The molecule has 0 radical (unpaired) electrons. The lowest BCUT2D eigenvalue weighted by Gasteiger charge is -2.18. The van der Waals surface area contributed by atoms with Crippen LogP contribution in [0, 0.1) is 6.92 Å². The molecule has 2 aromatic rings. The van der Waals surface area contributed by atoms with Gasteiger partial charge in [0, 0.05) is 18.8 Å². The van der Waals surface area contributed by atoms with Gasteiger partial charge in [0.15, 0.2) is 5.76 Å². The SMILES string of the molecule is Cc1nn(C)cc1-c1cnc(CNC(C)(C)C)o1. The Kier molecular flexibility index (Phi) is 3.26. The molecule has 0 saturated carbocycles. The van der Waals surface area contributed by atoms with E-state index in [1.807, 2.05) is 20.2 Å². The average Bonchev–Trinajstić information content (AvgIpc) is 2.81. The summed E-state index contributed by atoms with van der Waals surface area (Å²) in [7, 11) is 1.90. The summed E-state index contributed by atoms with van der Waals surface area (Å²) in [6.45, 7) is 8.93. The lowest BCUT2D eigenvalue weighted by Crippen LogP contribution is -2.35. The minimum absolute atomic E-state index is 0.0544. The molecule has 2 heterocycles. The van der Waals surface area contributed by atoms with E-state index in [4.69, 9.17) is 4.42 Å². The van der Waals surface area contributed by atoms with E-state index in [2.05, 4.69) is 36.2 Å². The summed E-state index contributed by atoms with van der Waals surface area (Å²) >= 11 is 0. The first kappa shape index (κ1) is 12.8. The molecule has 18 heavy (non-hydrogen) atoms. The Balaban J connectivity index is 2.13. The minimum atomic E-state index is 0.0544. The Bertz CT molecular complexity index is 533. The van der Waals surface area contributed by atoms with E-state index in [1.54, 1.807) is 10.9 Å². The molecule has 0 aromatic carbocycles. The topological polar surface area (TPSA) is 55.9 Å². The number of nitrogens with one attached hydrogen (secondary N) is 1. The standard InChI is InChI=1S/C13H20N4O/c1-9-10(8-17(5)16-9)11-6-14-12(18-11)7-15-13(2,3)4/h6,8,15H,7H2,1-5H3. The maximum absolute atomic E-state index is 5.73. The number of aryl methyl sites for hydroxylation is 2. The molecule has 0 aliphatic carbocycles. The van der Waals surface area contributed by atoms with Crippen molar-refractivity contribution in [2.45, 2.75) is 39.8 Å². The van der Waals surface area contributed by atoms with Crippen LogP contribution in [0.1, 0.15) is 32.4 Å². The highest BCUT2D eigenvalue weighted by Gasteiger charge is 2.14. The summed E-state index contributed by atoms with van der Waals surface area (Å²) < 4.78 is 7.51. The molecule has 2 aromatic heterocycles. The van der Waals surface area contributed by atoms with Crippen LogP contribution in [0.25, 0.3) is 11.3 Å². The first-order valence-corrected chi connectivity index (χ1v) is 6.05. The van der Waals surface area contributed by atoms with Crippen LogP contribution in [-0.4, -0.2) is 20.3 Å². The highest BCUT2D eigenvalue weighted by Crippen LogP contribution is 2.23. The highest BCUT2D eigenvalue weighted by atomic mass is 16.4. The highest BCUT2D eigenvalue weighted by molar-refractivity contribution is 5.58. The monoisotopic (exact) mass is 248 g/mol. The van der Waals surface area contributed by atoms with E-state index in [0.717, 1.165) is 17.0 Å². The number of oxazole rings is 1. The van der Waals surface area contributed by atoms with Crippen LogP contribution in [0.15, 0.2) is 16.8 Å². The minimum Gasteiger partial charge on any atom is -0.439 e. The van der Waals surface area contributed by atoms with E-state index in [9.17, 15) is 0 Å². The second kappa shape index (κ2) is 4.57. The van der Waals surface area contributed by atoms with E-state index < -0.39 is 0 Å². The summed E-state index contributed by atoms with van der Waals surface area (Å²) in [6.07, 6.45) is 3.69. The third-order valence-electron chi connectivity index (χ3n) is 2.60. The Morgan fingerprint density at radius 2 is 2.11 bits per heavy atom. The lowest BCUT2D eigenvalue weighted by atomic mass is 10.1. The van der Waals surface area contributed by atoms with E-state index in [0.29, 0.717) is 12.4 Å². The molecular weight excluding hydrogens is 228 g/mol. The van der Waals surface area contributed by atoms with Crippen molar-refractivity contribution < 1.29 is 4.42 Å². The molecule has 0 aliphatic rings. The van der Waals surface area contributed by atoms with Crippen molar-refractivity contribution in [2.24, 2.45) is 7.05 Å². The molecule has 5 nitrogen and oxygen atoms in total. The molecule has 0 bridgehead atoms. The van der Waals surface area contributed by atoms with Crippen molar-refractivity contribution in [3.8, 4) is 11.3 Å². The Hall–Kier alpha value is -1.62. The van der Waals surface area contributed by atoms with Crippen molar-refractivity contribution in [3.63, 3.8) is 0 Å². The van der Waals surface area contributed by atoms with Gasteiger partial charge in [0.1, 0.15) is 0 Å². The summed E-state index contributed by atoms with van der Waals surface area (Å²) in [4.78, 5) is 4.28. The molecule has 0 atom stereocenters. The fourth-order valence-electron chi connectivity index (χ4n) is 1.70. The van der Waals surface area contributed by atoms with Gasteiger partial charge >= 0.3 is 0 Å². The van der Waals surface area contributed by atoms with Crippen molar-refractivity contribution >= 4 is 0 Å². The van der Waals surface area contributed by atoms with Gasteiger partial charge in [-0.15, -0.1) is 0 Å². The van der Waals surface area contributed by atoms with Gasteiger partial charge in [-0.05, 0) is 27.7 Å². The number of nitrogens with zero attached hydrogens (tertiary/aromatic N) is 3. The van der Waals surface area contributed by atoms with Gasteiger partial charge in [-0.2, -0.15) is 5.10 Å². The van der Waals surface area contributed by atoms with Gasteiger partial charge in [0.2, 0.25) is 5.89 Å². The summed E-state index contributed by atoms with van der Waals surface area (Å²) in [6, 6.07) is 0. The molecule has 5 heteroatoms. The zero-order valence-corrected chi connectivity index (χ0v) is 11.6. The zero-order chi connectivity index (χ0) is 13.3.